The van der Waals surface area contributed by atoms with Crippen LogP contribution in [0.1, 0.15) is 24.5 Å². The van der Waals surface area contributed by atoms with Crippen molar-refractivity contribution in [2.24, 2.45) is 5.10 Å². The van der Waals surface area contributed by atoms with E-state index in [0.29, 0.717) is 0 Å². The van der Waals surface area contributed by atoms with Crippen LogP contribution in [0.3, 0.4) is 0 Å². The lowest BCUT2D eigenvalue weighted by Crippen LogP contribution is -2.25. The fourth-order valence-electron chi connectivity index (χ4n) is 2.20. The van der Waals surface area contributed by atoms with Crippen LogP contribution in [-0.4, -0.2) is 24.3 Å². The lowest BCUT2D eigenvalue weighted by Gasteiger charge is -2.09. The van der Waals surface area contributed by atoms with Crippen LogP contribution in [0.5, 0.6) is 0 Å². The average Bonchev–Trinajstić information content (AvgIpc) is 2.62. The molecular formula is C19H21N3O2S. The van der Waals surface area contributed by atoms with Gasteiger partial charge in [0.25, 0.3) is 0 Å². The van der Waals surface area contributed by atoms with Crippen molar-refractivity contribution in [3.05, 3.63) is 59.7 Å². The van der Waals surface area contributed by atoms with E-state index in [2.05, 4.69) is 15.8 Å². The molecule has 0 bridgehead atoms. The molecule has 130 valence electrons. The highest BCUT2D eigenvalue weighted by Gasteiger charge is 2.10. The van der Waals surface area contributed by atoms with Gasteiger partial charge in [0.15, 0.2) is 0 Å². The Balaban J connectivity index is 1.82. The summed E-state index contributed by atoms with van der Waals surface area (Å²) in [4.78, 5) is 24.9. The van der Waals surface area contributed by atoms with E-state index in [4.69, 9.17) is 0 Å². The molecule has 2 N–H and O–H groups in total. The minimum atomic E-state index is -0.455. The number of anilines is 1. The van der Waals surface area contributed by atoms with Gasteiger partial charge in [-0.1, -0.05) is 37.3 Å². The average molecular weight is 355 g/mol. The monoisotopic (exact) mass is 355 g/mol. The van der Waals surface area contributed by atoms with Crippen molar-refractivity contribution in [3.8, 4) is 0 Å². The van der Waals surface area contributed by atoms with Gasteiger partial charge in [-0.25, -0.2) is 5.43 Å². The summed E-state index contributed by atoms with van der Waals surface area (Å²) < 4.78 is 0. The Labute approximate surface area is 151 Å². The zero-order valence-electron chi connectivity index (χ0n) is 14.3. The predicted molar refractivity (Wildman–Crippen MR) is 103 cm³/mol. The van der Waals surface area contributed by atoms with E-state index in [-0.39, 0.29) is 12.3 Å². The van der Waals surface area contributed by atoms with Gasteiger partial charge in [-0.3, -0.25) is 9.59 Å². The number of aryl methyl sites for hydroxylation is 1. The van der Waals surface area contributed by atoms with Crippen molar-refractivity contribution in [2.45, 2.75) is 24.7 Å². The summed E-state index contributed by atoms with van der Waals surface area (Å²) in [6.07, 6.45) is 4.09. The third kappa shape index (κ3) is 6.08. The molecule has 0 spiro atoms. The number of thioether (sulfide) groups is 1. The molecule has 0 saturated heterocycles. The van der Waals surface area contributed by atoms with E-state index in [1.54, 1.807) is 18.0 Å². The molecule has 0 atom stereocenters. The van der Waals surface area contributed by atoms with Crippen LogP contribution in [0.15, 0.2) is 58.5 Å². The van der Waals surface area contributed by atoms with Crippen LogP contribution in [0.2, 0.25) is 0 Å². The second-order valence-electron chi connectivity index (χ2n) is 5.30. The first-order valence-electron chi connectivity index (χ1n) is 7.96. The Morgan fingerprint density at radius 1 is 1.08 bits per heavy atom. The number of rotatable bonds is 7. The van der Waals surface area contributed by atoms with Gasteiger partial charge < -0.3 is 5.32 Å². The molecule has 2 amide bonds. The van der Waals surface area contributed by atoms with E-state index in [9.17, 15) is 9.59 Å². The molecule has 0 aliphatic carbocycles. The first kappa shape index (κ1) is 18.7. The number of hydrogen-bond donors (Lipinski definition) is 2. The Kier molecular flexibility index (Phi) is 7.22. The number of hydrazone groups is 1. The van der Waals surface area contributed by atoms with Crippen molar-refractivity contribution in [1.82, 2.24) is 5.43 Å². The zero-order valence-corrected chi connectivity index (χ0v) is 15.1. The molecule has 0 radical (unpaired) electrons. The second kappa shape index (κ2) is 9.64. The summed E-state index contributed by atoms with van der Waals surface area (Å²) in [5.41, 5.74) is 5.01. The third-order valence-corrected chi connectivity index (χ3v) is 4.26. The molecule has 0 saturated carbocycles. The SMILES string of the molecule is CCc1ccccc1NC(=O)CC(=O)NN=Cc1ccc(SC)cc1. The van der Waals surface area contributed by atoms with Crippen LogP contribution < -0.4 is 10.7 Å². The van der Waals surface area contributed by atoms with Crippen LogP contribution in [0.25, 0.3) is 0 Å². The molecule has 2 rings (SSSR count). The van der Waals surface area contributed by atoms with Crippen LogP contribution in [0.4, 0.5) is 5.69 Å². The quantitative estimate of drug-likeness (QED) is 0.346. The lowest BCUT2D eigenvalue weighted by atomic mass is 10.1. The lowest BCUT2D eigenvalue weighted by molar-refractivity contribution is -0.126. The molecule has 0 aromatic heterocycles. The predicted octanol–water partition coefficient (Wildman–Crippen LogP) is 3.45. The van der Waals surface area contributed by atoms with Gasteiger partial charge in [0.05, 0.1) is 6.21 Å². The fraction of sp³-hybridized carbons (Fsp3) is 0.211. The maximum Gasteiger partial charge on any atom is 0.249 e. The van der Waals surface area contributed by atoms with Gasteiger partial charge in [-0.15, -0.1) is 11.8 Å². The fourth-order valence-corrected chi connectivity index (χ4v) is 2.61. The maximum atomic E-state index is 12.0. The first-order chi connectivity index (χ1) is 12.1. The highest BCUT2D eigenvalue weighted by molar-refractivity contribution is 7.98. The molecule has 0 aliphatic rings. The summed E-state index contributed by atoms with van der Waals surface area (Å²) in [5.74, 6) is -0.818. The highest BCUT2D eigenvalue weighted by atomic mass is 32.2. The van der Waals surface area contributed by atoms with E-state index in [0.717, 1.165) is 28.1 Å². The summed E-state index contributed by atoms with van der Waals surface area (Å²) in [6, 6.07) is 15.3. The molecule has 2 aromatic carbocycles. The summed E-state index contributed by atoms with van der Waals surface area (Å²) in [6.45, 7) is 2.01. The number of amides is 2. The summed E-state index contributed by atoms with van der Waals surface area (Å²) in [5, 5.41) is 6.64. The van der Waals surface area contributed by atoms with Gasteiger partial charge in [-0.05, 0) is 42.0 Å². The molecule has 2 aromatic rings. The third-order valence-electron chi connectivity index (χ3n) is 3.51. The number of benzene rings is 2. The van der Waals surface area contributed by atoms with E-state index in [1.807, 2.05) is 61.7 Å². The van der Waals surface area contributed by atoms with Crippen molar-refractivity contribution in [3.63, 3.8) is 0 Å². The molecule has 0 unspecified atom stereocenters. The standard InChI is InChI=1S/C19H21N3O2S/c1-3-15-6-4-5-7-17(15)21-18(23)12-19(24)22-20-13-14-8-10-16(25-2)11-9-14/h4-11,13H,3,12H2,1-2H3,(H,21,23)(H,22,24). The molecule has 6 heteroatoms. The van der Waals surface area contributed by atoms with Crippen molar-refractivity contribution in [2.75, 3.05) is 11.6 Å². The number of carbonyl (C=O) groups is 2. The van der Waals surface area contributed by atoms with E-state index in [1.165, 1.54) is 0 Å². The van der Waals surface area contributed by atoms with Crippen LogP contribution >= 0.6 is 11.8 Å². The smallest absolute Gasteiger partial charge is 0.249 e. The van der Waals surface area contributed by atoms with Crippen LogP contribution in [-0.2, 0) is 16.0 Å². The van der Waals surface area contributed by atoms with Gasteiger partial charge in [0.2, 0.25) is 11.8 Å². The normalized spacial score (nSPS) is 10.6. The molecule has 0 fully saturated rings. The molecule has 25 heavy (non-hydrogen) atoms. The zero-order chi connectivity index (χ0) is 18.1. The van der Waals surface area contributed by atoms with Gasteiger partial charge in [0.1, 0.15) is 6.42 Å². The minimum Gasteiger partial charge on any atom is -0.325 e. The Bertz CT molecular complexity index is 758. The topological polar surface area (TPSA) is 70.6 Å². The first-order valence-corrected chi connectivity index (χ1v) is 9.18. The van der Waals surface area contributed by atoms with Crippen LogP contribution in [0, 0.1) is 0 Å². The molecule has 0 heterocycles. The van der Waals surface area contributed by atoms with E-state index >= 15 is 0 Å². The largest absolute Gasteiger partial charge is 0.325 e. The molecular weight excluding hydrogens is 334 g/mol. The Hall–Kier alpha value is -2.60. The number of carbonyl (C=O) groups excluding carboxylic acids is 2. The number of nitrogens with zero attached hydrogens (tertiary/aromatic N) is 1. The van der Waals surface area contributed by atoms with Gasteiger partial charge in [-0.2, -0.15) is 5.10 Å². The second-order valence-corrected chi connectivity index (χ2v) is 6.18. The molecule has 0 aliphatic heterocycles. The number of hydrogen-bond acceptors (Lipinski definition) is 4. The molecule has 5 nitrogen and oxygen atoms in total. The minimum absolute atomic E-state index is 0.277. The summed E-state index contributed by atoms with van der Waals surface area (Å²) in [7, 11) is 0. The number of nitrogens with one attached hydrogen (secondary N) is 2. The summed E-state index contributed by atoms with van der Waals surface area (Å²) >= 11 is 1.66. The van der Waals surface area contributed by atoms with E-state index < -0.39 is 5.91 Å². The van der Waals surface area contributed by atoms with Gasteiger partial charge in [0, 0.05) is 10.6 Å². The van der Waals surface area contributed by atoms with Gasteiger partial charge >= 0.3 is 0 Å². The van der Waals surface area contributed by atoms with Crippen molar-refractivity contribution >= 4 is 35.5 Å². The van der Waals surface area contributed by atoms with Crippen molar-refractivity contribution < 1.29 is 9.59 Å². The maximum absolute atomic E-state index is 12.0. The van der Waals surface area contributed by atoms with Crippen molar-refractivity contribution in [1.29, 1.82) is 0 Å². The Morgan fingerprint density at radius 2 is 1.80 bits per heavy atom. The number of para-hydroxylation sites is 1. The highest BCUT2D eigenvalue weighted by Crippen LogP contribution is 2.15. The Morgan fingerprint density at radius 3 is 2.48 bits per heavy atom.